The van der Waals surface area contributed by atoms with Gasteiger partial charge in [0.25, 0.3) is 11.6 Å². The van der Waals surface area contributed by atoms with E-state index in [1.165, 1.54) is 19.2 Å². The van der Waals surface area contributed by atoms with E-state index in [0.29, 0.717) is 11.3 Å². The third kappa shape index (κ3) is 9.53. The van der Waals surface area contributed by atoms with E-state index in [-0.39, 0.29) is 10.8 Å². The van der Waals surface area contributed by atoms with Gasteiger partial charge in [-0.25, -0.2) is 24.3 Å². The number of carboxylic acid groups (broad SMARTS) is 1. The number of anilines is 2. The summed E-state index contributed by atoms with van der Waals surface area (Å²) in [7, 11) is -4.75. The van der Waals surface area contributed by atoms with Crippen molar-refractivity contribution in [1.82, 2.24) is 9.97 Å². The number of oxime groups is 2. The standard InChI is InChI=1S/C22H28N6O11S3/c1-20(2,3)37-17(33)22(6,7)39-27-13(11-9-41-19(25-11)28-42(34,35)36)15(30)14(29)12(10-8-40-18(23)24-10)26-38-21(4,5)16(31)32/h8-9H,1-7H3,(H2,23,24)(H,25,28)(H,31,32)(H,34,35,36). The predicted octanol–water partition coefficient (Wildman–Crippen LogP) is 1.66. The fraction of sp³-hybridized carbons (Fsp3) is 0.455. The van der Waals surface area contributed by atoms with E-state index in [0.717, 1.165) is 30.6 Å². The zero-order valence-electron chi connectivity index (χ0n) is 23.3. The monoisotopic (exact) mass is 648 g/mol. The molecule has 2 rings (SSSR count). The van der Waals surface area contributed by atoms with Gasteiger partial charge in [-0.15, -0.1) is 22.7 Å². The first-order chi connectivity index (χ1) is 19.0. The number of aliphatic carboxylic acids is 1. The molecular weight excluding hydrogens is 620 g/mol. The Kier molecular flexibility index (Phi) is 10.2. The van der Waals surface area contributed by atoms with E-state index in [1.54, 1.807) is 25.5 Å². The molecule has 0 atom stereocenters. The van der Waals surface area contributed by atoms with E-state index in [1.807, 2.05) is 0 Å². The SMILES string of the molecule is CC(C)(C)OC(=O)C(C)(C)ON=C(C(=O)C(=O)C(=NOC(C)(C)C(=O)O)c1csc(N)n1)c1csc(NS(=O)(=O)O)n1. The quantitative estimate of drug-likeness (QED) is 0.0792. The summed E-state index contributed by atoms with van der Waals surface area (Å²) in [5, 5.41) is 18.5. The van der Waals surface area contributed by atoms with E-state index in [9.17, 15) is 32.7 Å². The second-order valence-electron chi connectivity index (χ2n) is 10.2. The van der Waals surface area contributed by atoms with Crippen LogP contribution in [0.3, 0.4) is 0 Å². The lowest BCUT2D eigenvalue weighted by Gasteiger charge is -2.26. The smallest absolute Gasteiger partial charge is 0.359 e. The molecule has 0 aromatic carbocycles. The van der Waals surface area contributed by atoms with E-state index in [2.05, 4.69) is 20.3 Å². The molecule has 2 aromatic rings. The summed E-state index contributed by atoms with van der Waals surface area (Å²) >= 11 is 1.49. The Balaban J connectivity index is 2.61. The molecule has 2 heterocycles. The molecule has 0 fully saturated rings. The van der Waals surface area contributed by atoms with Crippen molar-refractivity contribution in [2.75, 3.05) is 10.5 Å². The maximum atomic E-state index is 13.5. The lowest BCUT2D eigenvalue weighted by atomic mass is 10.0. The highest BCUT2D eigenvalue weighted by Gasteiger charge is 2.38. The summed E-state index contributed by atoms with van der Waals surface area (Å²) in [6.45, 7) is 9.64. The van der Waals surface area contributed by atoms with Crippen molar-refractivity contribution in [1.29, 1.82) is 0 Å². The highest BCUT2D eigenvalue weighted by molar-refractivity contribution is 7.87. The summed E-state index contributed by atoms with van der Waals surface area (Å²) in [6.07, 6.45) is 0. The van der Waals surface area contributed by atoms with Gasteiger partial charge in [-0.1, -0.05) is 10.3 Å². The molecule has 230 valence electrons. The van der Waals surface area contributed by atoms with Crippen LogP contribution >= 0.6 is 22.7 Å². The molecule has 42 heavy (non-hydrogen) atoms. The van der Waals surface area contributed by atoms with Gasteiger partial charge in [0.05, 0.1) is 0 Å². The second kappa shape index (κ2) is 12.5. The Morgan fingerprint density at radius 1 is 0.881 bits per heavy atom. The Morgan fingerprint density at radius 2 is 1.36 bits per heavy atom. The van der Waals surface area contributed by atoms with Crippen molar-refractivity contribution in [3.8, 4) is 0 Å². The number of carbonyl (C=O) groups excluding carboxylic acids is 3. The summed E-state index contributed by atoms with van der Waals surface area (Å²) in [4.78, 5) is 69.1. The van der Waals surface area contributed by atoms with Crippen LogP contribution in [0.1, 0.15) is 59.9 Å². The van der Waals surface area contributed by atoms with Gasteiger partial charge >= 0.3 is 22.2 Å². The van der Waals surface area contributed by atoms with Crippen LogP contribution in [0.15, 0.2) is 21.1 Å². The van der Waals surface area contributed by atoms with Gasteiger partial charge in [-0.3, -0.25) is 14.1 Å². The normalized spacial score (nSPS) is 13.3. The number of nitrogens with one attached hydrogen (secondary N) is 1. The van der Waals surface area contributed by atoms with Gasteiger partial charge in [0, 0.05) is 10.8 Å². The molecule has 0 amide bonds. The maximum absolute atomic E-state index is 13.5. The number of nitrogens with zero attached hydrogens (tertiary/aromatic N) is 4. The van der Waals surface area contributed by atoms with Gasteiger partial charge in [0.15, 0.2) is 21.7 Å². The van der Waals surface area contributed by atoms with E-state index >= 15 is 0 Å². The molecule has 0 saturated carbocycles. The highest BCUT2D eigenvalue weighted by Crippen LogP contribution is 2.22. The third-order valence-corrected chi connectivity index (χ3v) is 6.51. The summed E-state index contributed by atoms with van der Waals surface area (Å²) < 4.78 is 38.5. The first-order valence-corrected chi connectivity index (χ1v) is 14.7. The molecule has 0 aliphatic rings. The molecule has 0 saturated heterocycles. The van der Waals surface area contributed by atoms with Crippen LogP contribution in [0.2, 0.25) is 0 Å². The number of Topliss-reactive ketones (excluding diaryl/α,β-unsaturated/α-hetero) is 2. The number of nitrogens with two attached hydrogens (primary N) is 1. The summed E-state index contributed by atoms with van der Waals surface area (Å²) in [5.74, 6) is -5.21. The van der Waals surface area contributed by atoms with Crippen LogP contribution in [0, 0.1) is 0 Å². The molecule has 17 nitrogen and oxygen atoms in total. The second-order valence-corrected chi connectivity index (χ2v) is 13.1. The molecule has 0 bridgehead atoms. The molecule has 5 N–H and O–H groups in total. The number of carbonyl (C=O) groups is 4. The topological polar surface area (TPSA) is 259 Å². The minimum absolute atomic E-state index is 0.0211. The largest absolute Gasteiger partial charge is 0.478 e. The number of ketones is 2. The average Bonchev–Trinajstić information content (AvgIpc) is 3.45. The Bertz CT molecular complexity index is 1550. The number of hydrogen-bond donors (Lipinski definition) is 4. The number of ether oxygens (including phenoxy) is 1. The van der Waals surface area contributed by atoms with Crippen LogP contribution < -0.4 is 10.5 Å². The minimum Gasteiger partial charge on any atom is -0.478 e. The Hall–Kier alpha value is -4.01. The van der Waals surface area contributed by atoms with Crippen molar-refractivity contribution in [3.63, 3.8) is 0 Å². The molecule has 0 aliphatic carbocycles. The van der Waals surface area contributed by atoms with Crippen molar-refractivity contribution in [2.45, 2.75) is 65.3 Å². The molecular formula is C22H28N6O11S3. The maximum Gasteiger partial charge on any atom is 0.359 e. The van der Waals surface area contributed by atoms with Crippen LogP contribution in [0.4, 0.5) is 10.3 Å². The number of rotatable bonds is 13. The molecule has 20 heteroatoms. The van der Waals surface area contributed by atoms with Crippen molar-refractivity contribution in [3.05, 3.63) is 22.1 Å². The Labute approximate surface area is 247 Å². The first-order valence-electron chi connectivity index (χ1n) is 11.5. The highest BCUT2D eigenvalue weighted by atomic mass is 32.2. The predicted molar refractivity (Wildman–Crippen MR) is 151 cm³/mol. The third-order valence-electron chi connectivity index (χ3n) is 4.50. The number of esters is 1. The van der Waals surface area contributed by atoms with Crippen LogP contribution in [-0.4, -0.2) is 79.8 Å². The van der Waals surface area contributed by atoms with Gasteiger partial charge in [0.1, 0.15) is 17.0 Å². The number of hydrogen-bond acceptors (Lipinski definition) is 16. The molecule has 0 radical (unpaired) electrons. The molecule has 2 aromatic heterocycles. The number of aromatic nitrogens is 2. The first kappa shape index (κ1) is 34.2. The lowest BCUT2D eigenvalue weighted by molar-refractivity contribution is -0.179. The zero-order valence-corrected chi connectivity index (χ0v) is 25.8. The lowest BCUT2D eigenvalue weighted by Crippen LogP contribution is -2.40. The van der Waals surface area contributed by atoms with Crippen LogP contribution in [-0.2, 0) is 43.9 Å². The van der Waals surface area contributed by atoms with Gasteiger partial charge in [-0.2, -0.15) is 8.42 Å². The molecule has 0 aliphatic heterocycles. The molecule has 0 spiro atoms. The van der Waals surface area contributed by atoms with Crippen molar-refractivity contribution in [2.24, 2.45) is 10.3 Å². The Morgan fingerprint density at radius 3 is 1.79 bits per heavy atom. The fourth-order valence-electron chi connectivity index (χ4n) is 2.36. The van der Waals surface area contributed by atoms with Gasteiger partial charge in [-0.05, 0) is 48.5 Å². The van der Waals surface area contributed by atoms with E-state index in [4.69, 9.17) is 24.7 Å². The summed E-state index contributed by atoms with van der Waals surface area (Å²) in [5.41, 5.74) is -1.23. The van der Waals surface area contributed by atoms with E-state index < -0.39 is 72.9 Å². The number of carboxylic acids is 1. The van der Waals surface area contributed by atoms with Gasteiger partial charge < -0.3 is 25.3 Å². The number of nitrogen functional groups attached to an aromatic ring is 1. The van der Waals surface area contributed by atoms with Crippen LogP contribution in [0.25, 0.3) is 0 Å². The average molecular weight is 649 g/mol. The fourth-order valence-corrected chi connectivity index (χ4v) is 4.22. The zero-order chi connectivity index (χ0) is 32.3. The van der Waals surface area contributed by atoms with Crippen molar-refractivity contribution < 1.29 is 51.7 Å². The minimum atomic E-state index is -4.75. The molecule has 0 unspecified atom stereocenters. The summed E-state index contributed by atoms with van der Waals surface area (Å²) in [6, 6.07) is 0. The van der Waals surface area contributed by atoms with Gasteiger partial charge in [0.2, 0.25) is 11.2 Å². The van der Waals surface area contributed by atoms with Crippen LogP contribution in [0.5, 0.6) is 0 Å². The van der Waals surface area contributed by atoms with Crippen molar-refractivity contribution >= 4 is 78.2 Å². The number of thiazole rings is 2.